The van der Waals surface area contributed by atoms with E-state index in [4.69, 9.17) is 4.74 Å². The topological polar surface area (TPSA) is 87.7 Å². The fourth-order valence-corrected chi connectivity index (χ4v) is 3.71. The second kappa shape index (κ2) is 9.57. The van der Waals surface area contributed by atoms with Gasteiger partial charge in [-0.25, -0.2) is 4.98 Å². The SMILES string of the molecule is COCC(c1ccccn1)N(C)C(=O)c1cnc2c(c1)N(Cc1ccccc1)C(=O)CN2. The van der Waals surface area contributed by atoms with E-state index in [1.165, 1.54) is 6.20 Å². The average molecular weight is 431 g/mol. The number of anilines is 2. The Labute approximate surface area is 186 Å². The number of carbonyl (C=O) groups is 2. The third kappa shape index (κ3) is 4.45. The Morgan fingerprint density at radius 1 is 1.19 bits per heavy atom. The molecule has 0 saturated carbocycles. The van der Waals surface area contributed by atoms with Gasteiger partial charge < -0.3 is 19.9 Å². The Morgan fingerprint density at radius 2 is 1.97 bits per heavy atom. The lowest BCUT2D eigenvalue weighted by Gasteiger charge is -2.31. The highest BCUT2D eigenvalue weighted by Crippen LogP contribution is 2.31. The Bertz CT molecular complexity index is 1090. The van der Waals surface area contributed by atoms with Crippen LogP contribution in [-0.4, -0.2) is 54.0 Å². The van der Waals surface area contributed by atoms with E-state index in [0.717, 1.165) is 11.3 Å². The summed E-state index contributed by atoms with van der Waals surface area (Å²) in [5, 5.41) is 3.04. The number of hydrogen-bond acceptors (Lipinski definition) is 6. The van der Waals surface area contributed by atoms with Crippen LogP contribution in [0, 0.1) is 0 Å². The van der Waals surface area contributed by atoms with Gasteiger partial charge in [0.25, 0.3) is 5.91 Å². The summed E-state index contributed by atoms with van der Waals surface area (Å²) in [6.07, 6.45) is 3.22. The zero-order valence-electron chi connectivity index (χ0n) is 18.1. The molecule has 8 nitrogen and oxygen atoms in total. The molecule has 0 saturated heterocycles. The smallest absolute Gasteiger partial charge is 0.255 e. The number of benzene rings is 1. The second-order valence-corrected chi connectivity index (χ2v) is 7.55. The van der Waals surface area contributed by atoms with Gasteiger partial charge in [0.15, 0.2) is 5.82 Å². The Balaban J connectivity index is 1.63. The zero-order chi connectivity index (χ0) is 22.5. The summed E-state index contributed by atoms with van der Waals surface area (Å²) in [6.45, 7) is 0.872. The normalized spacial score (nSPS) is 13.8. The molecule has 1 aliphatic rings. The van der Waals surface area contributed by atoms with Crippen LogP contribution in [0.2, 0.25) is 0 Å². The Kier molecular flexibility index (Phi) is 6.42. The fraction of sp³-hybridized carbons (Fsp3) is 0.250. The highest BCUT2D eigenvalue weighted by molar-refractivity contribution is 6.04. The van der Waals surface area contributed by atoms with Crippen molar-refractivity contribution in [1.82, 2.24) is 14.9 Å². The molecule has 8 heteroatoms. The third-order valence-corrected chi connectivity index (χ3v) is 5.44. The van der Waals surface area contributed by atoms with Gasteiger partial charge in [-0.1, -0.05) is 36.4 Å². The molecule has 4 rings (SSSR count). The van der Waals surface area contributed by atoms with E-state index >= 15 is 0 Å². The van der Waals surface area contributed by atoms with Gasteiger partial charge in [-0.15, -0.1) is 0 Å². The number of aromatic nitrogens is 2. The number of nitrogens with one attached hydrogen (secondary N) is 1. The minimum Gasteiger partial charge on any atom is -0.382 e. The maximum atomic E-state index is 13.3. The summed E-state index contributed by atoms with van der Waals surface area (Å²) in [4.78, 5) is 38.1. The zero-order valence-corrected chi connectivity index (χ0v) is 18.1. The number of carbonyl (C=O) groups excluding carboxylic acids is 2. The standard InChI is InChI=1S/C24H25N5O3/c1-28(21(16-32-2)19-10-6-7-11-25-19)24(31)18-12-20-23(26-13-18)27-14-22(30)29(20)15-17-8-4-3-5-9-17/h3-13,21H,14-16H2,1-2H3,(H,26,27). The molecule has 3 aromatic rings. The van der Waals surface area contributed by atoms with Crippen molar-refractivity contribution in [3.63, 3.8) is 0 Å². The molecule has 3 heterocycles. The van der Waals surface area contributed by atoms with Gasteiger partial charge in [-0.05, 0) is 23.8 Å². The van der Waals surface area contributed by atoms with Crippen LogP contribution in [0.5, 0.6) is 0 Å². The van der Waals surface area contributed by atoms with Crippen molar-refractivity contribution in [3.05, 3.63) is 83.8 Å². The highest BCUT2D eigenvalue weighted by Gasteiger charge is 2.29. The molecule has 0 spiro atoms. The van der Waals surface area contributed by atoms with Gasteiger partial charge in [-0.2, -0.15) is 0 Å². The molecule has 0 radical (unpaired) electrons. The lowest BCUT2D eigenvalue weighted by atomic mass is 10.1. The first-order valence-corrected chi connectivity index (χ1v) is 10.3. The van der Waals surface area contributed by atoms with Gasteiger partial charge in [0, 0.05) is 26.6 Å². The molecule has 1 aromatic carbocycles. The predicted molar refractivity (Wildman–Crippen MR) is 121 cm³/mol. The summed E-state index contributed by atoms with van der Waals surface area (Å²) in [6, 6.07) is 16.7. The molecule has 0 aliphatic carbocycles. The van der Waals surface area contributed by atoms with Crippen molar-refractivity contribution >= 4 is 23.3 Å². The summed E-state index contributed by atoms with van der Waals surface area (Å²) in [7, 11) is 3.30. The van der Waals surface area contributed by atoms with Crippen molar-refractivity contribution < 1.29 is 14.3 Å². The summed E-state index contributed by atoms with van der Waals surface area (Å²) < 4.78 is 5.34. The molecule has 0 fully saturated rings. The first-order chi connectivity index (χ1) is 15.6. The quantitative estimate of drug-likeness (QED) is 0.619. The maximum absolute atomic E-state index is 13.3. The molecule has 1 atom stereocenters. The van der Waals surface area contributed by atoms with Crippen LogP contribution in [0.1, 0.15) is 27.7 Å². The van der Waals surface area contributed by atoms with Crippen molar-refractivity contribution in [1.29, 1.82) is 0 Å². The first kappa shape index (κ1) is 21.5. The number of likely N-dealkylation sites (N-methyl/N-ethyl adjacent to an activating group) is 1. The van der Waals surface area contributed by atoms with Crippen molar-refractivity contribution in [3.8, 4) is 0 Å². The van der Waals surface area contributed by atoms with E-state index in [1.807, 2.05) is 48.5 Å². The average Bonchev–Trinajstić information content (AvgIpc) is 2.84. The van der Waals surface area contributed by atoms with Crippen LogP contribution in [-0.2, 0) is 16.1 Å². The summed E-state index contributed by atoms with van der Waals surface area (Å²) >= 11 is 0. The van der Waals surface area contributed by atoms with Crippen molar-refractivity contribution in [2.45, 2.75) is 12.6 Å². The van der Waals surface area contributed by atoms with Crippen LogP contribution < -0.4 is 10.2 Å². The van der Waals surface area contributed by atoms with E-state index in [9.17, 15) is 9.59 Å². The van der Waals surface area contributed by atoms with E-state index < -0.39 is 0 Å². The summed E-state index contributed by atoms with van der Waals surface area (Å²) in [5.74, 6) is 0.274. The van der Waals surface area contributed by atoms with E-state index in [1.54, 1.807) is 36.2 Å². The molecular weight excluding hydrogens is 406 g/mol. The number of amides is 2. The lowest BCUT2D eigenvalue weighted by molar-refractivity contribution is -0.117. The number of rotatable bonds is 7. The molecule has 2 amide bonds. The van der Waals surface area contributed by atoms with Gasteiger partial charge >= 0.3 is 0 Å². The van der Waals surface area contributed by atoms with Crippen LogP contribution >= 0.6 is 0 Å². The van der Waals surface area contributed by atoms with Crippen molar-refractivity contribution in [2.24, 2.45) is 0 Å². The van der Waals surface area contributed by atoms with Crippen LogP contribution in [0.4, 0.5) is 11.5 Å². The monoisotopic (exact) mass is 431 g/mol. The molecular formula is C24H25N5O3. The minimum absolute atomic E-state index is 0.0770. The molecule has 164 valence electrons. The van der Waals surface area contributed by atoms with Gasteiger partial charge in [0.2, 0.25) is 5.91 Å². The fourth-order valence-electron chi connectivity index (χ4n) is 3.71. The van der Waals surface area contributed by atoms with Crippen LogP contribution in [0.15, 0.2) is 67.0 Å². The molecule has 1 aliphatic heterocycles. The lowest BCUT2D eigenvalue weighted by Crippen LogP contribution is -2.40. The number of ether oxygens (including phenoxy) is 1. The van der Waals surface area contributed by atoms with Crippen LogP contribution in [0.25, 0.3) is 0 Å². The number of methoxy groups -OCH3 is 1. The van der Waals surface area contributed by atoms with Crippen LogP contribution in [0.3, 0.4) is 0 Å². The molecule has 0 bridgehead atoms. The third-order valence-electron chi connectivity index (χ3n) is 5.44. The van der Waals surface area contributed by atoms with E-state index in [-0.39, 0.29) is 24.4 Å². The molecule has 1 N–H and O–H groups in total. The van der Waals surface area contributed by atoms with E-state index in [2.05, 4.69) is 15.3 Å². The Hall–Kier alpha value is -3.78. The van der Waals surface area contributed by atoms with Gasteiger partial charge in [0.1, 0.15) is 0 Å². The predicted octanol–water partition coefficient (Wildman–Crippen LogP) is 2.90. The molecule has 2 aromatic heterocycles. The van der Waals surface area contributed by atoms with Gasteiger partial charge in [-0.3, -0.25) is 14.6 Å². The first-order valence-electron chi connectivity index (χ1n) is 10.3. The second-order valence-electron chi connectivity index (χ2n) is 7.55. The number of fused-ring (bicyclic) bond motifs is 1. The molecule has 32 heavy (non-hydrogen) atoms. The highest BCUT2D eigenvalue weighted by atomic mass is 16.5. The minimum atomic E-state index is -0.357. The number of nitrogens with zero attached hydrogens (tertiary/aromatic N) is 4. The maximum Gasteiger partial charge on any atom is 0.255 e. The largest absolute Gasteiger partial charge is 0.382 e. The number of pyridine rings is 2. The van der Waals surface area contributed by atoms with E-state index in [0.29, 0.717) is 30.2 Å². The van der Waals surface area contributed by atoms with Crippen molar-refractivity contribution in [2.75, 3.05) is 37.5 Å². The summed E-state index contributed by atoms with van der Waals surface area (Å²) in [5.41, 5.74) is 2.71. The van der Waals surface area contributed by atoms with Gasteiger partial charge in [0.05, 0.1) is 42.7 Å². The molecule has 1 unspecified atom stereocenters. The Morgan fingerprint density at radius 3 is 2.69 bits per heavy atom. The number of hydrogen-bond donors (Lipinski definition) is 1.